The number of rotatable bonds is 4. The Labute approximate surface area is 156 Å². The highest BCUT2D eigenvalue weighted by Gasteiger charge is 2.10. The second kappa shape index (κ2) is 6.96. The largest absolute Gasteiger partial charge is 0.508 e. The van der Waals surface area contributed by atoms with Crippen molar-refractivity contribution in [1.29, 1.82) is 0 Å². The molecule has 5 heteroatoms. The van der Waals surface area contributed by atoms with Crippen molar-refractivity contribution in [2.45, 2.75) is 13.5 Å². The third-order valence-corrected chi connectivity index (χ3v) is 4.40. The maximum absolute atomic E-state index is 12.3. The third kappa shape index (κ3) is 3.53. The number of carbonyl (C=O) groups is 1. The number of phenols is 1. The number of aromatic nitrogens is 2. The highest BCUT2D eigenvalue weighted by Crippen LogP contribution is 2.22. The van der Waals surface area contributed by atoms with Crippen LogP contribution in [0.3, 0.4) is 0 Å². The van der Waals surface area contributed by atoms with E-state index in [1.54, 1.807) is 24.3 Å². The minimum atomic E-state index is -0.388. The average molecular weight is 358 g/mol. The smallest absolute Gasteiger partial charge is 0.338 e. The van der Waals surface area contributed by atoms with E-state index in [1.165, 1.54) is 0 Å². The molecule has 0 spiro atoms. The van der Waals surface area contributed by atoms with Crippen molar-refractivity contribution >= 4 is 11.6 Å². The minimum Gasteiger partial charge on any atom is -0.508 e. The number of esters is 1. The predicted octanol–water partition coefficient (Wildman–Crippen LogP) is 4.37. The van der Waals surface area contributed by atoms with Gasteiger partial charge in [-0.05, 0) is 53.9 Å². The SMILES string of the molecule is Cc1cccn2cc(COC(=O)c3ccc(-c4ccc(O)cc4)cc3)nc12. The van der Waals surface area contributed by atoms with E-state index in [0.717, 1.165) is 22.3 Å². The molecule has 2 aromatic carbocycles. The van der Waals surface area contributed by atoms with Crippen LogP contribution in [-0.4, -0.2) is 20.5 Å². The van der Waals surface area contributed by atoms with Gasteiger partial charge in [0.1, 0.15) is 18.0 Å². The van der Waals surface area contributed by atoms with Crippen LogP contribution in [0.25, 0.3) is 16.8 Å². The van der Waals surface area contributed by atoms with Gasteiger partial charge in [0.05, 0.1) is 11.3 Å². The Bertz CT molecular complexity index is 1100. The molecular formula is C22H18N2O3. The summed E-state index contributed by atoms with van der Waals surface area (Å²) in [5.74, 6) is -0.165. The molecule has 0 radical (unpaired) electrons. The molecule has 0 aliphatic heterocycles. The Morgan fingerprint density at radius 3 is 2.37 bits per heavy atom. The quantitative estimate of drug-likeness (QED) is 0.550. The lowest BCUT2D eigenvalue weighted by molar-refractivity contribution is 0.0468. The van der Waals surface area contributed by atoms with Crippen LogP contribution in [0.2, 0.25) is 0 Å². The summed E-state index contributed by atoms with van der Waals surface area (Å²) in [7, 11) is 0. The molecule has 0 unspecified atom stereocenters. The maximum atomic E-state index is 12.3. The van der Waals surface area contributed by atoms with Crippen molar-refractivity contribution in [2.24, 2.45) is 0 Å². The van der Waals surface area contributed by atoms with Crippen molar-refractivity contribution in [2.75, 3.05) is 0 Å². The molecule has 0 atom stereocenters. The number of benzene rings is 2. The molecule has 2 heterocycles. The van der Waals surface area contributed by atoms with Crippen molar-refractivity contribution in [3.05, 3.63) is 89.9 Å². The summed E-state index contributed by atoms with van der Waals surface area (Å²) in [5.41, 5.74) is 5.05. The van der Waals surface area contributed by atoms with Gasteiger partial charge in [-0.1, -0.05) is 30.3 Å². The van der Waals surface area contributed by atoms with Gasteiger partial charge in [-0.15, -0.1) is 0 Å². The van der Waals surface area contributed by atoms with Gasteiger partial charge in [-0.3, -0.25) is 0 Å². The monoisotopic (exact) mass is 358 g/mol. The van der Waals surface area contributed by atoms with Crippen molar-refractivity contribution in [3.63, 3.8) is 0 Å². The normalized spacial score (nSPS) is 10.9. The summed E-state index contributed by atoms with van der Waals surface area (Å²) in [5, 5.41) is 9.37. The molecule has 0 aliphatic carbocycles. The first-order valence-electron chi connectivity index (χ1n) is 8.60. The molecule has 27 heavy (non-hydrogen) atoms. The first-order chi connectivity index (χ1) is 13.1. The molecule has 0 aliphatic rings. The van der Waals surface area contributed by atoms with E-state index >= 15 is 0 Å². The summed E-state index contributed by atoms with van der Waals surface area (Å²) in [4.78, 5) is 16.8. The molecular weight excluding hydrogens is 340 g/mol. The number of fused-ring (bicyclic) bond motifs is 1. The lowest BCUT2D eigenvalue weighted by Gasteiger charge is -2.05. The zero-order valence-corrected chi connectivity index (χ0v) is 14.8. The van der Waals surface area contributed by atoms with Gasteiger partial charge in [0, 0.05) is 12.4 Å². The zero-order chi connectivity index (χ0) is 18.8. The standard InChI is InChI=1S/C22H18N2O3/c1-15-3-2-12-24-13-19(23-21(15)24)14-27-22(26)18-6-4-16(5-7-18)17-8-10-20(25)11-9-17/h2-13,25H,14H2,1H3. The third-order valence-electron chi connectivity index (χ3n) is 4.40. The maximum Gasteiger partial charge on any atom is 0.338 e. The van der Waals surface area contributed by atoms with E-state index in [4.69, 9.17) is 4.74 Å². The van der Waals surface area contributed by atoms with Gasteiger partial charge in [-0.2, -0.15) is 0 Å². The number of ether oxygens (including phenoxy) is 1. The molecule has 0 amide bonds. The van der Waals surface area contributed by atoms with Gasteiger partial charge in [0.15, 0.2) is 0 Å². The molecule has 0 saturated carbocycles. The lowest BCUT2D eigenvalue weighted by atomic mass is 10.0. The molecule has 4 aromatic rings. The molecule has 0 fully saturated rings. The van der Waals surface area contributed by atoms with Gasteiger partial charge in [-0.25, -0.2) is 9.78 Å². The Balaban J connectivity index is 1.44. The van der Waals surface area contributed by atoms with E-state index in [0.29, 0.717) is 11.3 Å². The fourth-order valence-corrected chi connectivity index (χ4v) is 2.95. The van der Waals surface area contributed by atoms with Crippen LogP contribution in [0.4, 0.5) is 0 Å². The molecule has 0 bridgehead atoms. The molecule has 2 aromatic heterocycles. The molecule has 0 saturated heterocycles. The number of aromatic hydroxyl groups is 1. The second-order valence-electron chi connectivity index (χ2n) is 6.35. The lowest BCUT2D eigenvalue weighted by Crippen LogP contribution is -2.05. The van der Waals surface area contributed by atoms with Crippen LogP contribution in [-0.2, 0) is 11.3 Å². The number of aryl methyl sites for hydroxylation is 1. The number of nitrogens with zero attached hydrogens (tertiary/aromatic N) is 2. The highest BCUT2D eigenvalue weighted by molar-refractivity contribution is 5.90. The number of imidazole rings is 1. The average Bonchev–Trinajstić information content (AvgIpc) is 3.11. The Kier molecular flexibility index (Phi) is 4.34. The van der Waals surface area contributed by atoms with Gasteiger partial charge >= 0.3 is 5.97 Å². The zero-order valence-electron chi connectivity index (χ0n) is 14.8. The van der Waals surface area contributed by atoms with E-state index in [2.05, 4.69) is 4.98 Å². The van der Waals surface area contributed by atoms with Crippen LogP contribution in [0.5, 0.6) is 5.75 Å². The van der Waals surface area contributed by atoms with Gasteiger partial charge in [0.25, 0.3) is 0 Å². The topological polar surface area (TPSA) is 63.8 Å². The summed E-state index contributed by atoms with van der Waals surface area (Å²) < 4.78 is 7.32. The Hall–Kier alpha value is -3.60. The molecule has 4 rings (SSSR count). The van der Waals surface area contributed by atoms with Crippen LogP contribution < -0.4 is 0 Å². The van der Waals surface area contributed by atoms with Crippen LogP contribution in [0.15, 0.2) is 73.1 Å². The molecule has 1 N–H and O–H groups in total. The fourth-order valence-electron chi connectivity index (χ4n) is 2.95. The van der Waals surface area contributed by atoms with Crippen molar-refractivity contribution in [3.8, 4) is 16.9 Å². The van der Waals surface area contributed by atoms with Gasteiger partial charge < -0.3 is 14.2 Å². The van der Waals surface area contributed by atoms with Gasteiger partial charge in [0.2, 0.25) is 0 Å². The van der Waals surface area contributed by atoms with E-state index < -0.39 is 0 Å². The first kappa shape index (κ1) is 16.8. The van der Waals surface area contributed by atoms with Crippen molar-refractivity contribution < 1.29 is 14.6 Å². The van der Waals surface area contributed by atoms with E-state index in [-0.39, 0.29) is 18.3 Å². The van der Waals surface area contributed by atoms with Crippen LogP contribution in [0.1, 0.15) is 21.6 Å². The summed E-state index contributed by atoms with van der Waals surface area (Å²) >= 11 is 0. The molecule has 5 nitrogen and oxygen atoms in total. The molecule has 134 valence electrons. The van der Waals surface area contributed by atoms with Crippen LogP contribution in [0, 0.1) is 6.92 Å². The highest BCUT2D eigenvalue weighted by atomic mass is 16.5. The van der Waals surface area contributed by atoms with Crippen molar-refractivity contribution in [1.82, 2.24) is 9.38 Å². The number of hydrogen-bond acceptors (Lipinski definition) is 4. The van der Waals surface area contributed by atoms with Crippen LogP contribution >= 0.6 is 0 Å². The fraction of sp³-hybridized carbons (Fsp3) is 0.0909. The Morgan fingerprint density at radius 1 is 1.04 bits per heavy atom. The number of pyridine rings is 1. The van der Waals surface area contributed by atoms with E-state index in [9.17, 15) is 9.90 Å². The Morgan fingerprint density at radius 2 is 1.70 bits per heavy atom. The summed E-state index contributed by atoms with van der Waals surface area (Å²) in [6, 6.07) is 18.1. The second-order valence-corrected chi connectivity index (χ2v) is 6.35. The number of hydrogen-bond donors (Lipinski definition) is 1. The first-order valence-corrected chi connectivity index (χ1v) is 8.60. The summed E-state index contributed by atoms with van der Waals surface area (Å²) in [6.45, 7) is 2.12. The summed E-state index contributed by atoms with van der Waals surface area (Å²) in [6.07, 6.45) is 3.78. The minimum absolute atomic E-state index is 0.125. The number of carbonyl (C=O) groups excluding carboxylic acids is 1. The predicted molar refractivity (Wildman–Crippen MR) is 103 cm³/mol. The number of phenolic OH excluding ortho intramolecular Hbond substituents is 1. The van der Waals surface area contributed by atoms with E-state index in [1.807, 2.05) is 60.1 Å².